The zero-order chi connectivity index (χ0) is 16.7. The van der Waals surface area contributed by atoms with Crippen LogP contribution in [0.4, 0.5) is 4.39 Å². The molecule has 7 nitrogen and oxygen atoms in total. The van der Waals surface area contributed by atoms with Crippen molar-refractivity contribution in [3.05, 3.63) is 59.8 Å². The molecule has 1 heterocycles. The van der Waals surface area contributed by atoms with Crippen molar-refractivity contribution < 1.29 is 27.9 Å². The van der Waals surface area contributed by atoms with E-state index in [-0.39, 0.29) is 12.2 Å². The highest BCUT2D eigenvalue weighted by molar-refractivity contribution is 5.93. The summed E-state index contributed by atoms with van der Waals surface area (Å²) in [6.45, 7) is -0.557. The van der Waals surface area contributed by atoms with E-state index < -0.39 is 30.2 Å². The summed E-state index contributed by atoms with van der Waals surface area (Å²) in [5, 5.41) is 0. The predicted molar refractivity (Wildman–Crippen MR) is 75.4 cm³/mol. The predicted octanol–water partition coefficient (Wildman–Crippen LogP) is 0.966. The molecule has 0 aliphatic carbocycles. The normalized spacial score (nSPS) is 9.96. The first kappa shape index (κ1) is 16.2. The van der Waals surface area contributed by atoms with E-state index in [0.717, 1.165) is 0 Å². The molecule has 0 aliphatic rings. The summed E-state index contributed by atoms with van der Waals surface area (Å²) in [6, 6.07) is 8.28. The Kier molecular flexibility index (Phi) is 5.45. The van der Waals surface area contributed by atoms with Crippen molar-refractivity contribution in [2.45, 2.75) is 6.42 Å². The summed E-state index contributed by atoms with van der Waals surface area (Å²) >= 11 is 0. The Hall–Kier alpha value is -3.16. The molecule has 0 saturated heterocycles. The average Bonchev–Trinajstić information content (AvgIpc) is 3.07. The fraction of sp³-hybridized carbons (Fsp3) is 0.133. The van der Waals surface area contributed by atoms with E-state index in [1.807, 2.05) is 0 Å². The van der Waals surface area contributed by atoms with Gasteiger partial charge < -0.3 is 9.15 Å². The van der Waals surface area contributed by atoms with Gasteiger partial charge in [-0.25, -0.2) is 4.39 Å². The van der Waals surface area contributed by atoms with Crippen LogP contribution in [0.2, 0.25) is 0 Å². The van der Waals surface area contributed by atoms with Crippen molar-refractivity contribution >= 4 is 17.8 Å². The maximum Gasteiger partial charge on any atom is 0.310 e. The van der Waals surface area contributed by atoms with Gasteiger partial charge in [0.2, 0.25) is 0 Å². The van der Waals surface area contributed by atoms with Gasteiger partial charge in [0, 0.05) is 0 Å². The highest BCUT2D eigenvalue weighted by atomic mass is 19.1. The maximum absolute atomic E-state index is 12.7. The summed E-state index contributed by atoms with van der Waals surface area (Å²) in [5.41, 5.74) is 4.73. The largest absolute Gasteiger partial charge is 0.459 e. The van der Waals surface area contributed by atoms with Crippen LogP contribution in [0.5, 0.6) is 0 Å². The molecule has 0 atom stereocenters. The molecule has 0 saturated carbocycles. The Labute approximate surface area is 130 Å². The van der Waals surface area contributed by atoms with Crippen molar-refractivity contribution in [3.8, 4) is 0 Å². The summed E-state index contributed by atoms with van der Waals surface area (Å²) in [5.74, 6) is -2.38. The molecule has 8 heteroatoms. The molecular weight excluding hydrogens is 307 g/mol. The van der Waals surface area contributed by atoms with E-state index in [1.165, 1.54) is 42.7 Å². The van der Waals surface area contributed by atoms with E-state index >= 15 is 0 Å². The van der Waals surface area contributed by atoms with Crippen LogP contribution in [-0.4, -0.2) is 24.4 Å². The van der Waals surface area contributed by atoms with Crippen LogP contribution in [0.15, 0.2) is 47.1 Å². The molecule has 120 valence electrons. The summed E-state index contributed by atoms with van der Waals surface area (Å²) < 4.78 is 22.3. The number of benzene rings is 1. The molecule has 23 heavy (non-hydrogen) atoms. The maximum atomic E-state index is 12.7. The molecule has 2 N–H and O–H groups in total. The molecule has 0 spiro atoms. The summed E-state index contributed by atoms with van der Waals surface area (Å²) in [7, 11) is 0. The van der Waals surface area contributed by atoms with E-state index in [1.54, 1.807) is 0 Å². The minimum Gasteiger partial charge on any atom is -0.459 e. The third-order valence-electron chi connectivity index (χ3n) is 2.69. The lowest BCUT2D eigenvalue weighted by molar-refractivity contribution is -0.148. The Bertz CT molecular complexity index is 682. The number of carbonyl (C=O) groups excluding carboxylic acids is 3. The van der Waals surface area contributed by atoms with Gasteiger partial charge in [-0.05, 0) is 29.8 Å². The second-order valence-corrected chi connectivity index (χ2v) is 4.44. The van der Waals surface area contributed by atoms with Gasteiger partial charge in [0.05, 0.1) is 12.7 Å². The first-order valence-electron chi connectivity index (χ1n) is 6.57. The minimum absolute atomic E-state index is 0.0265. The lowest BCUT2D eigenvalue weighted by Crippen LogP contribution is -2.43. The number of hydrogen-bond donors (Lipinski definition) is 2. The van der Waals surface area contributed by atoms with Gasteiger partial charge in [-0.2, -0.15) is 0 Å². The highest BCUT2D eigenvalue weighted by Crippen LogP contribution is 2.04. The number of ether oxygens (including phenoxy) is 1. The quantitative estimate of drug-likeness (QED) is 0.632. The minimum atomic E-state index is -0.711. The molecular formula is C15H13FN2O5. The third kappa shape index (κ3) is 5.27. The van der Waals surface area contributed by atoms with Crippen LogP contribution in [0.25, 0.3) is 0 Å². The smallest absolute Gasteiger partial charge is 0.310 e. The van der Waals surface area contributed by atoms with Crippen molar-refractivity contribution in [3.63, 3.8) is 0 Å². The monoisotopic (exact) mass is 320 g/mol. The highest BCUT2D eigenvalue weighted by Gasteiger charge is 2.11. The van der Waals surface area contributed by atoms with Crippen LogP contribution in [0, 0.1) is 5.82 Å². The van der Waals surface area contributed by atoms with Gasteiger partial charge in [0.1, 0.15) is 5.82 Å². The van der Waals surface area contributed by atoms with Crippen LogP contribution >= 0.6 is 0 Å². The lowest BCUT2D eigenvalue weighted by Gasteiger charge is -2.07. The molecule has 2 rings (SSSR count). The molecule has 0 fully saturated rings. The van der Waals surface area contributed by atoms with Crippen LogP contribution in [-0.2, 0) is 20.7 Å². The van der Waals surface area contributed by atoms with Crippen molar-refractivity contribution in [2.24, 2.45) is 0 Å². The van der Waals surface area contributed by atoms with E-state index in [4.69, 9.17) is 9.15 Å². The van der Waals surface area contributed by atoms with Crippen molar-refractivity contribution in [1.29, 1.82) is 0 Å². The Morgan fingerprint density at radius 2 is 1.83 bits per heavy atom. The molecule has 0 aliphatic heterocycles. The molecule has 2 amide bonds. The molecule has 0 radical (unpaired) electrons. The standard InChI is InChI=1S/C15H13FN2O5/c16-11-5-3-10(4-6-11)8-14(20)23-9-13(19)17-18-15(21)12-2-1-7-22-12/h1-7H,8-9H2,(H,17,19)(H,18,21). The number of esters is 1. The first-order chi connectivity index (χ1) is 11.0. The molecule has 0 unspecified atom stereocenters. The third-order valence-corrected chi connectivity index (χ3v) is 2.69. The summed E-state index contributed by atoms with van der Waals surface area (Å²) in [6.07, 6.45) is 1.22. The molecule has 2 aromatic rings. The SMILES string of the molecule is O=C(COC(=O)Cc1ccc(F)cc1)NNC(=O)c1ccco1. The van der Waals surface area contributed by atoms with Gasteiger partial charge in [-0.3, -0.25) is 25.2 Å². The second-order valence-electron chi connectivity index (χ2n) is 4.44. The number of hydrogen-bond acceptors (Lipinski definition) is 5. The van der Waals surface area contributed by atoms with E-state index in [9.17, 15) is 18.8 Å². The van der Waals surface area contributed by atoms with Gasteiger partial charge >= 0.3 is 11.9 Å². The van der Waals surface area contributed by atoms with Crippen molar-refractivity contribution in [2.75, 3.05) is 6.61 Å². The topological polar surface area (TPSA) is 97.6 Å². The molecule has 1 aromatic carbocycles. The van der Waals surface area contributed by atoms with E-state index in [2.05, 4.69) is 10.9 Å². The number of nitrogens with one attached hydrogen (secondary N) is 2. The molecule has 1 aromatic heterocycles. The Morgan fingerprint density at radius 3 is 2.48 bits per heavy atom. The fourth-order valence-corrected chi connectivity index (χ4v) is 1.60. The first-order valence-corrected chi connectivity index (χ1v) is 6.57. The van der Waals surface area contributed by atoms with E-state index in [0.29, 0.717) is 5.56 Å². The lowest BCUT2D eigenvalue weighted by atomic mass is 10.1. The number of hydrazine groups is 1. The van der Waals surface area contributed by atoms with Gasteiger partial charge in [-0.1, -0.05) is 12.1 Å². The van der Waals surface area contributed by atoms with Gasteiger partial charge in [0.25, 0.3) is 5.91 Å². The zero-order valence-electron chi connectivity index (χ0n) is 11.9. The fourth-order valence-electron chi connectivity index (χ4n) is 1.60. The number of halogens is 1. The second kappa shape index (κ2) is 7.74. The Morgan fingerprint density at radius 1 is 1.09 bits per heavy atom. The number of rotatable bonds is 5. The summed E-state index contributed by atoms with van der Waals surface area (Å²) in [4.78, 5) is 34.4. The Balaban J connectivity index is 1.68. The van der Waals surface area contributed by atoms with Crippen LogP contribution in [0.1, 0.15) is 16.1 Å². The molecule has 0 bridgehead atoms. The van der Waals surface area contributed by atoms with Crippen LogP contribution in [0.3, 0.4) is 0 Å². The number of furan rings is 1. The number of carbonyl (C=O) groups is 3. The van der Waals surface area contributed by atoms with Crippen molar-refractivity contribution in [1.82, 2.24) is 10.9 Å². The average molecular weight is 320 g/mol. The zero-order valence-corrected chi connectivity index (χ0v) is 11.9. The van der Waals surface area contributed by atoms with Crippen LogP contribution < -0.4 is 10.9 Å². The van der Waals surface area contributed by atoms with Gasteiger partial charge in [-0.15, -0.1) is 0 Å². The van der Waals surface area contributed by atoms with Gasteiger partial charge in [0.15, 0.2) is 12.4 Å². The number of amides is 2.